The van der Waals surface area contributed by atoms with Crippen molar-refractivity contribution in [2.75, 3.05) is 0 Å². The number of halogens is 1. The first-order valence-electron chi connectivity index (χ1n) is 8.58. The Balaban J connectivity index is 2.96. The van der Waals surface area contributed by atoms with Crippen molar-refractivity contribution in [3.63, 3.8) is 0 Å². The fraction of sp³-hybridized carbons (Fsp3) is 0.556. The molecule has 0 saturated heterocycles. The molecule has 0 aliphatic rings. The second-order valence-corrected chi connectivity index (χ2v) is 8.85. The van der Waals surface area contributed by atoms with Crippen LogP contribution >= 0.6 is 0 Å². The Morgan fingerprint density at radius 3 is 2.08 bits per heavy atom. The lowest BCUT2D eigenvalue weighted by Gasteiger charge is -2.23. The number of hydrogen-bond acceptors (Lipinski definition) is 4. The van der Waals surface area contributed by atoms with Crippen LogP contribution in [0.15, 0.2) is 29.2 Å². The molecule has 0 aliphatic heterocycles. The van der Waals surface area contributed by atoms with Gasteiger partial charge < -0.3 is 10.1 Å². The second kappa shape index (κ2) is 9.78. The van der Waals surface area contributed by atoms with Gasteiger partial charge in [0, 0.05) is 0 Å². The summed E-state index contributed by atoms with van der Waals surface area (Å²) >= 11 is 0. The Morgan fingerprint density at radius 1 is 1.08 bits per heavy atom. The first kappa shape index (κ1) is 22.2. The van der Waals surface area contributed by atoms with Crippen LogP contribution in [0.4, 0.5) is 4.39 Å². The van der Waals surface area contributed by atoms with Crippen molar-refractivity contribution in [1.82, 2.24) is 10.0 Å². The van der Waals surface area contributed by atoms with Crippen molar-refractivity contribution in [2.45, 2.75) is 57.5 Å². The van der Waals surface area contributed by atoms with Crippen LogP contribution < -0.4 is 10.0 Å². The molecule has 2 atom stereocenters. The smallest absolute Gasteiger partial charge is 0.241 e. The van der Waals surface area contributed by atoms with Crippen LogP contribution in [0.1, 0.15) is 40.5 Å². The number of sulfonamides is 1. The van der Waals surface area contributed by atoms with Crippen molar-refractivity contribution < 1.29 is 22.4 Å². The van der Waals surface area contributed by atoms with Crippen molar-refractivity contribution >= 4 is 22.2 Å². The zero-order valence-corrected chi connectivity index (χ0v) is 16.3. The van der Waals surface area contributed by atoms with Crippen LogP contribution in [-0.2, 0) is 19.6 Å². The number of hydrogen-bond donors (Lipinski definition) is 2. The maximum Gasteiger partial charge on any atom is 0.241 e. The van der Waals surface area contributed by atoms with E-state index in [1.54, 1.807) is 0 Å². The molecule has 0 unspecified atom stereocenters. The molecule has 0 bridgehead atoms. The SMILES string of the molecule is CC(C)C[C@H](NS(=O)(=O)c1ccc(F)cc1)C(=O)N[C@@H](C=O)CC(C)C. The van der Waals surface area contributed by atoms with E-state index in [0.717, 1.165) is 24.3 Å². The van der Waals surface area contributed by atoms with Gasteiger partial charge in [0.05, 0.1) is 10.9 Å². The lowest BCUT2D eigenvalue weighted by atomic mass is 10.0. The molecule has 0 spiro atoms. The lowest BCUT2D eigenvalue weighted by molar-refractivity contribution is -0.125. The summed E-state index contributed by atoms with van der Waals surface area (Å²) in [4.78, 5) is 23.6. The predicted octanol–water partition coefficient (Wildman–Crippen LogP) is 2.25. The van der Waals surface area contributed by atoms with E-state index in [2.05, 4.69) is 10.0 Å². The first-order chi connectivity index (χ1) is 12.0. The first-order valence-corrected chi connectivity index (χ1v) is 10.1. The van der Waals surface area contributed by atoms with Gasteiger partial charge in [0.25, 0.3) is 0 Å². The Morgan fingerprint density at radius 2 is 1.62 bits per heavy atom. The lowest BCUT2D eigenvalue weighted by Crippen LogP contribution is -2.50. The number of rotatable bonds is 10. The number of benzene rings is 1. The molecule has 1 aromatic carbocycles. The van der Waals surface area contributed by atoms with Gasteiger partial charge in [-0.3, -0.25) is 4.79 Å². The van der Waals surface area contributed by atoms with E-state index in [1.165, 1.54) is 0 Å². The van der Waals surface area contributed by atoms with Crippen LogP contribution in [0.3, 0.4) is 0 Å². The van der Waals surface area contributed by atoms with Crippen molar-refractivity contribution in [3.05, 3.63) is 30.1 Å². The minimum Gasteiger partial charge on any atom is -0.345 e. The van der Waals surface area contributed by atoms with E-state index in [-0.39, 0.29) is 23.2 Å². The average molecular weight is 386 g/mol. The van der Waals surface area contributed by atoms with Gasteiger partial charge in [-0.2, -0.15) is 4.72 Å². The molecule has 146 valence electrons. The maximum absolute atomic E-state index is 13.0. The summed E-state index contributed by atoms with van der Waals surface area (Å²) in [6.45, 7) is 7.56. The molecule has 0 saturated carbocycles. The number of carbonyl (C=O) groups excluding carboxylic acids is 2. The van der Waals surface area contributed by atoms with Crippen molar-refractivity contribution in [3.8, 4) is 0 Å². The molecule has 26 heavy (non-hydrogen) atoms. The second-order valence-electron chi connectivity index (χ2n) is 7.14. The van der Waals surface area contributed by atoms with E-state index in [4.69, 9.17) is 0 Å². The third-order valence-electron chi connectivity index (χ3n) is 3.66. The monoisotopic (exact) mass is 386 g/mol. The third kappa shape index (κ3) is 7.21. The molecular weight excluding hydrogens is 359 g/mol. The molecule has 0 radical (unpaired) electrons. The molecule has 1 amide bonds. The number of amides is 1. The molecule has 1 aromatic rings. The van der Waals surface area contributed by atoms with Gasteiger partial charge in [0.1, 0.15) is 18.1 Å². The zero-order valence-electron chi connectivity index (χ0n) is 15.5. The van der Waals surface area contributed by atoms with E-state index in [1.807, 2.05) is 27.7 Å². The van der Waals surface area contributed by atoms with E-state index in [9.17, 15) is 22.4 Å². The van der Waals surface area contributed by atoms with Gasteiger partial charge in [0.15, 0.2) is 0 Å². The Kier molecular flexibility index (Phi) is 8.36. The molecule has 0 aromatic heterocycles. The molecule has 2 N–H and O–H groups in total. The van der Waals surface area contributed by atoms with Gasteiger partial charge in [0.2, 0.25) is 15.9 Å². The molecule has 0 fully saturated rings. The van der Waals surface area contributed by atoms with Gasteiger partial charge in [-0.1, -0.05) is 27.7 Å². The number of aldehydes is 1. The van der Waals surface area contributed by atoms with Crippen molar-refractivity contribution in [2.24, 2.45) is 11.8 Å². The van der Waals surface area contributed by atoms with Gasteiger partial charge in [-0.15, -0.1) is 0 Å². The normalized spacial score (nSPS) is 14.3. The molecule has 8 heteroatoms. The summed E-state index contributed by atoms with van der Waals surface area (Å²) in [5, 5.41) is 2.59. The number of nitrogens with one attached hydrogen (secondary N) is 2. The van der Waals surface area contributed by atoms with E-state index in [0.29, 0.717) is 12.7 Å². The molecule has 1 rings (SSSR count). The molecule has 0 aliphatic carbocycles. The van der Waals surface area contributed by atoms with Gasteiger partial charge in [-0.25, -0.2) is 12.8 Å². The third-order valence-corrected chi connectivity index (χ3v) is 5.15. The fourth-order valence-electron chi connectivity index (χ4n) is 2.49. The summed E-state index contributed by atoms with van der Waals surface area (Å²) < 4.78 is 40.4. The molecule has 0 heterocycles. The minimum absolute atomic E-state index is 0.0430. The highest BCUT2D eigenvalue weighted by atomic mass is 32.2. The summed E-state index contributed by atoms with van der Waals surface area (Å²) in [6.07, 6.45) is 1.38. The highest BCUT2D eigenvalue weighted by molar-refractivity contribution is 7.89. The topological polar surface area (TPSA) is 92.3 Å². The predicted molar refractivity (Wildman–Crippen MR) is 97.4 cm³/mol. The quantitative estimate of drug-likeness (QED) is 0.603. The standard InChI is InChI=1S/C18H27FN2O4S/c1-12(2)9-15(11-22)20-18(23)17(10-13(3)4)21-26(24,25)16-7-5-14(19)6-8-16/h5-8,11-13,15,17,21H,9-10H2,1-4H3,(H,20,23)/t15-,17+/m1/s1. The van der Waals surface area contributed by atoms with E-state index < -0.39 is 33.8 Å². The Labute approximate surface area is 154 Å². The fourth-order valence-corrected chi connectivity index (χ4v) is 3.70. The van der Waals surface area contributed by atoms with Gasteiger partial charge >= 0.3 is 0 Å². The summed E-state index contributed by atoms with van der Waals surface area (Å²) in [7, 11) is -4.00. The summed E-state index contributed by atoms with van der Waals surface area (Å²) in [6, 6.07) is 2.64. The van der Waals surface area contributed by atoms with Crippen molar-refractivity contribution in [1.29, 1.82) is 0 Å². The van der Waals surface area contributed by atoms with Crippen LogP contribution in [-0.4, -0.2) is 32.7 Å². The van der Waals surface area contributed by atoms with Crippen LogP contribution in [0, 0.1) is 17.7 Å². The molecular formula is C18H27FN2O4S. The summed E-state index contributed by atoms with van der Waals surface area (Å²) in [5.41, 5.74) is 0. The van der Waals surface area contributed by atoms with Gasteiger partial charge in [-0.05, 0) is 48.9 Å². The Bertz CT molecular complexity index is 702. The summed E-state index contributed by atoms with van der Waals surface area (Å²) in [5.74, 6) is -0.864. The maximum atomic E-state index is 13.0. The minimum atomic E-state index is -4.00. The van der Waals surface area contributed by atoms with Crippen LogP contribution in [0.25, 0.3) is 0 Å². The Hall–Kier alpha value is -1.80. The van der Waals surface area contributed by atoms with Crippen LogP contribution in [0.2, 0.25) is 0 Å². The highest BCUT2D eigenvalue weighted by Crippen LogP contribution is 2.14. The largest absolute Gasteiger partial charge is 0.345 e. The highest BCUT2D eigenvalue weighted by Gasteiger charge is 2.28. The average Bonchev–Trinajstić information content (AvgIpc) is 2.52. The van der Waals surface area contributed by atoms with Crippen LogP contribution in [0.5, 0.6) is 0 Å². The van der Waals surface area contributed by atoms with E-state index >= 15 is 0 Å². The number of carbonyl (C=O) groups is 2. The zero-order chi connectivity index (χ0) is 19.9. The molecule has 6 nitrogen and oxygen atoms in total.